The van der Waals surface area contributed by atoms with Crippen LogP contribution in [0.4, 0.5) is 0 Å². The van der Waals surface area contributed by atoms with E-state index < -0.39 is 17.9 Å². The smallest absolute Gasteiger partial charge is 0.326 e. The van der Waals surface area contributed by atoms with E-state index in [-0.39, 0.29) is 27.6 Å². The first-order valence-corrected chi connectivity index (χ1v) is 13.7. The van der Waals surface area contributed by atoms with Gasteiger partial charge in [-0.1, -0.05) is 35.3 Å². The molecule has 0 saturated heterocycles. The van der Waals surface area contributed by atoms with Crippen LogP contribution in [-0.2, 0) is 28.8 Å². The molecule has 0 bridgehead atoms. The summed E-state index contributed by atoms with van der Waals surface area (Å²) in [6.45, 7) is 0.709. The molecule has 1 fully saturated rings. The van der Waals surface area contributed by atoms with Crippen molar-refractivity contribution < 1.29 is 19.4 Å². The van der Waals surface area contributed by atoms with Gasteiger partial charge in [0.2, 0.25) is 0 Å². The molecule has 194 valence electrons. The molecule has 6 nitrogen and oxygen atoms in total. The summed E-state index contributed by atoms with van der Waals surface area (Å²) in [5, 5.41) is 12.7. The number of amides is 1. The molecule has 1 aromatic carbocycles. The number of hydrogen-bond acceptors (Lipinski definition) is 4. The van der Waals surface area contributed by atoms with Crippen LogP contribution in [-0.4, -0.2) is 40.7 Å². The van der Waals surface area contributed by atoms with Crippen molar-refractivity contribution in [2.75, 3.05) is 6.61 Å². The van der Waals surface area contributed by atoms with Gasteiger partial charge in [0.05, 0.1) is 21.7 Å². The molecule has 1 unspecified atom stereocenters. The van der Waals surface area contributed by atoms with Crippen molar-refractivity contribution in [3.63, 3.8) is 0 Å². The average Bonchev–Trinajstić information content (AvgIpc) is 2.87. The average molecular weight is 533 g/mol. The zero-order valence-corrected chi connectivity index (χ0v) is 22.0. The van der Waals surface area contributed by atoms with E-state index in [0.717, 1.165) is 57.1 Å². The first-order valence-electron chi connectivity index (χ1n) is 13.0. The van der Waals surface area contributed by atoms with Crippen LogP contribution in [0.5, 0.6) is 0 Å². The molecule has 1 saturated carbocycles. The molecule has 2 aliphatic rings. The van der Waals surface area contributed by atoms with E-state index in [1.54, 1.807) is 18.2 Å². The van der Waals surface area contributed by atoms with Crippen LogP contribution in [0.2, 0.25) is 10.0 Å². The van der Waals surface area contributed by atoms with Gasteiger partial charge in [0.25, 0.3) is 5.91 Å². The van der Waals surface area contributed by atoms with Crippen molar-refractivity contribution in [3.05, 3.63) is 62.9 Å². The third-order valence-corrected chi connectivity index (χ3v) is 7.95. The van der Waals surface area contributed by atoms with E-state index in [0.29, 0.717) is 13.0 Å². The van der Waals surface area contributed by atoms with Crippen molar-refractivity contribution >= 4 is 35.1 Å². The third-order valence-electron chi connectivity index (χ3n) is 7.32. The molecule has 1 atom stereocenters. The molecular formula is C28H34Cl2N2O4. The second kappa shape index (κ2) is 12.9. The van der Waals surface area contributed by atoms with Crippen LogP contribution in [0.1, 0.15) is 78.7 Å². The largest absolute Gasteiger partial charge is 0.480 e. The lowest BCUT2D eigenvalue weighted by molar-refractivity contribution is -0.139. The maximum absolute atomic E-state index is 12.6. The Labute approximate surface area is 222 Å². The van der Waals surface area contributed by atoms with Gasteiger partial charge in [-0.3, -0.25) is 9.78 Å². The van der Waals surface area contributed by atoms with Crippen LogP contribution in [0, 0.1) is 5.92 Å². The van der Waals surface area contributed by atoms with Crippen molar-refractivity contribution in [2.24, 2.45) is 5.92 Å². The number of hydrogen-bond donors (Lipinski definition) is 2. The fraction of sp³-hybridized carbons (Fsp3) is 0.536. The number of ether oxygens (including phenoxy) is 1. The number of pyridine rings is 1. The molecule has 36 heavy (non-hydrogen) atoms. The summed E-state index contributed by atoms with van der Waals surface area (Å²) in [5.74, 6) is -1.41. The SMILES string of the molecule is O=C(NC(CC1CCC(OCCCc2ccc3c(n2)CCCC3)CC1)C(=O)O)c1c(Cl)cccc1Cl. The van der Waals surface area contributed by atoms with Crippen LogP contribution in [0.25, 0.3) is 0 Å². The number of benzene rings is 1. The monoisotopic (exact) mass is 532 g/mol. The van der Waals surface area contributed by atoms with Crippen LogP contribution in [0.15, 0.2) is 30.3 Å². The van der Waals surface area contributed by atoms with E-state index in [4.69, 9.17) is 32.9 Å². The number of nitrogens with one attached hydrogen (secondary N) is 1. The molecule has 2 N–H and O–H groups in total. The number of carbonyl (C=O) groups is 2. The van der Waals surface area contributed by atoms with E-state index in [9.17, 15) is 14.7 Å². The van der Waals surface area contributed by atoms with E-state index in [1.165, 1.54) is 24.1 Å². The molecule has 4 rings (SSSR count). The summed E-state index contributed by atoms with van der Waals surface area (Å²) in [6, 6.07) is 8.17. The second-order valence-electron chi connectivity index (χ2n) is 9.93. The summed E-state index contributed by atoms with van der Waals surface area (Å²) < 4.78 is 6.12. The molecule has 0 aliphatic heterocycles. The number of aromatic nitrogens is 1. The Kier molecular flexibility index (Phi) is 9.63. The first kappa shape index (κ1) is 26.9. The second-order valence-corrected chi connectivity index (χ2v) is 10.7. The van der Waals surface area contributed by atoms with Gasteiger partial charge in [-0.05, 0) is 100 Å². The van der Waals surface area contributed by atoms with Crippen molar-refractivity contribution in [1.82, 2.24) is 10.3 Å². The normalized spacial score (nSPS) is 20.4. The quantitative estimate of drug-likeness (QED) is 0.363. The van der Waals surface area contributed by atoms with Crippen LogP contribution in [0.3, 0.4) is 0 Å². The fourth-order valence-electron chi connectivity index (χ4n) is 5.30. The van der Waals surface area contributed by atoms with Crippen molar-refractivity contribution in [2.45, 2.75) is 82.8 Å². The third kappa shape index (κ3) is 7.21. The summed E-state index contributed by atoms with van der Waals surface area (Å²) in [4.78, 5) is 29.3. The van der Waals surface area contributed by atoms with Gasteiger partial charge in [0, 0.05) is 18.0 Å². The molecule has 1 aromatic heterocycles. The highest BCUT2D eigenvalue weighted by Gasteiger charge is 2.29. The number of fused-ring (bicyclic) bond motifs is 1. The topological polar surface area (TPSA) is 88.5 Å². The van der Waals surface area contributed by atoms with Gasteiger partial charge >= 0.3 is 5.97 Å². The molecule has 0 radical (unpaired) electrons. The Hall–Kier alpha value is -2.15. The molecular weight excluding hydrogens is 499 g/mol. The first-order chi connectivity index (χ1) is 17.4. The zero-order chi connectivity index (χ0) is 25.5. The maximum Gasteiger partial charge on any atom is 0.326 e. The zero-order valence-electron chi connectivity index (χ0n) is 20.5. The Morgan fingerprint density at radius 3 is 2.50 bits per heavy atom. The van der Waals surface area contributed by atoms with Gasteiger partial charge in [-0.2, -0.15) is 0 Å². The number of carboxylic acid groups (broad SMARTS) is 1. The Bertz CT molecular complexity index is 1050. The van der Waals surface area contributed by atoms with Gasteiger partial charge in [0.15, 0.2) is 0 Å². The summed E-state index contributed by atoms with van der Waals surface area (Å²) in [7, 11) is 0. The minimum Gasteiger partial charge on any atom is -0.480 e. The maximum atomic E-state index is 12.6. The lowest BCUT2D eigenvalue weighted by Gasteiger charge is -2.30. The Morgan fingerprint density at radius 1 is 1.06 bits per heavy atom. The summed E-state index contributed by atoms with van der Waals surface area (Å²) >= 11 is 12.2. The minimum absolute atomic E-state index is 0.106. The summed E-state index contributed by atoms with van der Waals surface area (Å²) in [6.07, 6.45) is 10.8. The standard InChI is InChI=1S/C28H34Cl2N2O4/c29-22-7-3-8-23(30)26(22)27(33)32-25(28(34)35)17-18-10-14-21(15-11-18)36-16-4-6-20-13-12-19-5-1-2-9-24(19)31-20/h3,7-8,12-13,18,21,25H,1-2,4-6,9-11,14-17H2,(H,32,33)(H,34,35). The molecule has 2 aliphatic carbocycles. The molecule has 8 heteroatoms. The lowest BCUT2D eigenvalue weighted by Crippen LogP contribution is -2.42. The van der Waals surface area contributed by atoms with E-state index in [2.05, 4.69) is 17.4 Å². The molecule has 1 amide bonds. The van der Waals surface area contributed by atoms with Crippen molar-refractivity contribution in [1.29, 1.82) is 0 Å². The highest BCUT2D eigenvalue weighted by Crippen LogP contribution is 2.30. The molecule has 0 spiro atoms. The number of aryl methyl sites for hydroxylation is 3. The highest BCUT2D eigenvalue weighted by molar-refractivity contribution is 6.39. The number of carbonyl (C=O) groups excluding carboxylic acids is 1. The number of rotatable bonds is 10. The van der Waals surface area contributed by atoms with Gasteiger partial charge in [-0.25, -0.2) is 4.79 Å². The lowest BCUT2D eigenvalue weighted by atomic mass is 9.83. The van der Waals surface area contributed by atoms with E-state index in [1.807, 2.05) is 0 Å². The molecule has 1 heterocycles. The predicted molar refractivity (Wildman–Crippen MR) is 141 cm³/mol. The fourth-order valence-corrected chi connectivity index (χ4v) is 5.87. The van der Waals surface area contributed by atoms with Gasteiger partial charge in [-0.15, -0.1) is 0 Å². The number of halogens is 2. The number of aliphatic carboxylic acids is 1. The van der Waals surface area contributed by atoms with Crippen molar-refractivity contribution in [3.8, 4) is 0 Å². The predicted octanol–water partition coefficient (Wildman–Crippen LogP) is 6.05. The number of carboxylic acids is 1. The molecule has 2 aromatic rings. The Balaban J connectivity index is 1.18. The van der Waals surface area contributed by atoms with Gasteiger partial charge < -0.3 is 15.2 Å². The van der Waals surface area contributed by atoms with E-state index >= 15 is 0 Å². The van der Waals surface area contributed by atoms with Gasteiger partial charge in [0.1, 0.15) is 6.04 Å². The minimum atomic E-state index is -1.05. The number of nitrogens with zero attached hydrogens (tertiary/aromatic N) is 1. The Morgan fingerprint density at radius 2 is 1.78 bits per heavy atom. The summed E-state index contributed by atoms with van der Waals surface area (Å²) in [5.41, 5.74) is 3.96. The highest BCUT2D eigenvalue weighted by atomic mass is 35.5. The van der Waals surface area contributed by atoms with Crippen LogP contribution >= 0.6 is 23.2 Å². The van der Waals surface area contributed by atoms with Crippen LogP contribution < -0.4 is 5.32 Å².